The maximum atomic E-state index is 12.0. The largest absolute Gasteiger partial charge is 0.467 e. The Balaban J connectivity index is 1.79. The number of nitrogens with one attached hydrogen (secondary N) is 1. The molecule has 1 aromatic heterocycles. The monoisotopic (exact) mass is 273 g/mol. The third-order valence-electron chi connectivity index (χ3n) is 3.17. The minimum Gasteiger partial charge on any atom is -0.467 e. The zero-order valence-electron chi connectivity index (χ0n) is 11.5. The molecule has 0 fully saturated rings. The number of aliphatic hydroxyl groups excluding tert-OH is 1. The Morgan fingerprint density at radius 3 is 2.65 bits per heavy atom. The summed E-state index contributed by atoms with van der Waals surface area (Å²) in [6, 6.07) is 13.3. The number of carbonyl (C=O) groups excluding carboxylic acids is 1. The molecule has 2 rings (SSSR count). The molecule has 0 saturated carbocycles. The molecule has 0 aliphatic rings. The molecule has 0 aliphatic heterocycles. The van der Waals surface area contributed by atoms with Crippen LogP contribution >= 0.6 is 0 Å². The van der Waals surface area contributed by atoms with E-state index in [0.29, 0.717) is 12.2 Å². The number of carbonyl (C=O) groups is 1. The van der Waals surface area contributed by atoms with Crippen molar-refractivity contribution in [3.63, 3.8) is 0 Å². The number of hydrogen-bond donors (Lipinski definition) is 2. The number of hydrogen-bond acceptors (Lipinski definition) is 3. The van der Waals surface area contributed by atoms with Crippen LogP contribution in [0, 0.1) is 5.92 Å². The second-order valence-electron chi connectivity index (χ2n) is 4.87. The van der Waals surface area contributed by atoms with Gasteiger partial charge in [0.2, 0.25) is 5.91 Å². The molecule has 4 nitrogen and oxygen atoms in total. The molecule has 0 bridgehead atoms. The van der Waals surface area contributed by atoms with Crippen molar-refractivity contribution in [1.82, 2.24) is 5.32 Å². The van der Waals surface area contributed by atoms with Crippen molar-refractivity contribution in [3.8, 4) is 0 Å². The van der Waals surface area contributed by atoms with E-state index >= 15 is 0 Å². The molecule has 2 atom stereocenters. The zero-order chi connectivity index (χ0) is 14.4. The van der Waals surface area contributed by atoms with E-state index < -0.39 is 6.10 Å². The fraction of sp³-hybridized carbons (Fsp3) is 0.312. The molecule has 1 amide bonds. The smallest absolute Gasteiger partial charge is 0.223 e. The number of benzene rings is 1. The lowest BCUT2D eigenvalue weighted by molar-refractivity contribution is -0.125. The van der Waals surface area contributed by atoms with E-state index in [2.05, 4.69) is 5.32 Å². The van der Waals surface area contributed by atoms with E-state index in [9.17, 15) is 9.90 Å². The van der Waals surface area contributed by atoms with Gasteiger partial charge in [-0.1, -0.05) is 37.3 Å². The summed E-state index contributed by atoms with van der Waals surface area (Å²) in [7, 11) is 0. The predicted molar refractivity (Wildman–Crippen MR) is 76.0 cm³/mol. The molecule has 2 aromatic rings. The summed E-state index contributed by atoms with van der Waals surface area (Å²) in [5.41, 5.74) is 1.13. The van der Waals surface area contributed by atoms with Crippen LogP contribution in [0.2, 0.25) is 0 Å². The third kappa shape index (κ3) is 3.96. The molecule has 1 aromatic carbocycles. The Morgan fingerprint density at radius 1 is 1.25 bits per heavy atom. The van der Waals surface area contributed by atoms with E-state index in [4.69, 9.17) is 4.42 Å². The molecule has 0 aliphatic carbocycles. The van der Waals surface area contributed by atoms with Gasteiger partial charge in [0.15, 0.2) is 0 Å². The van der Waals surface area contributed by atoms with E-state index in [0.717, 1.165) is 5.56 Å². The first kappa shape index (κ1) is 14.3. The molecule has 4 heteroatoms. The summed E-state index contributed by atoms with van der Waals surface area (Å²) in [6.45, 7) is 2.03. The van der Waals surface area contributed by atoms with Crippen LogP contribution in [0.1, 0.15) is 24.4 Å². The average Bonchev–Trinajstić information content (AvgIpc) is 2.99. The standard InChI is InChI=1S/C16H19NO3/c1-12(10-13-6-3-2-4-7-13)16(19)17-11-14(18)15-8-5-9-20-15/h2-9,12,14,18H,10-11H2,1H3,(H,17,19). The third-order valence-corrected chi connectivity index (χ3v) is 3.17. The van der Waals surface area contributed by atoms with E-state index in [-0.39, 0.29) is 18.4 Å². The lowest BCUT2D eigenvalue weighted by Crippen LogP contribution is -2.33. The molecular formula is C16H19NO3. The summed E-state index contributed by atoms with van der Waals surface area (Å²) in [4.78, 5) is 12.0. The Hall–Kier alpha value is -2.07. The van der Waals surface area contributed by atoms with E-state index in [1.165, 1.54) is 6.26 Å². The highest BCUT2D eigenvalue weighted by molar-refractivity contribution is 5.78. The summed E-state index contributed by atoms with van der Waals surface area (Å²) in [5.74, 6) is 0.252. The summed E-state index contributed by atoms with van der Waals surface area (Å²) >= 11 is 0. The topological polar surface area (TPSA) is 62.5 Å². The van der Waals surface area contributed by atoms with E-state index in [1.807, 2.05) is 37.3 Å². The molecule has 0 spiro atoms. The molecule has 1 heterocycles. The SMILES string of the molecule is CC(Cc1ccccc1)C(=O)NCC(O)c1ccco1. The van der Waals surface area contributed by atoms with Crippen molar-refractivity contribution >= 4 is 5.91 Å². The Morgan fingerprint density at radius 2 is 2.00 bits per heavy atom. The second kappa shape index (κ2) is 6.91. The van der Waals surface area contributed by atoms with Crippen LogP contribution in [-0.4, -0.2) is 17.6 Å². The fourth-order valence-corrected chi connectivity index (χ4v) is 2.01. The highest BCUT2D eigenvalue weighted by Crippen LogP contribution is 2.12. The van der Waals surface area contributed by atoms with Crippen molar-refractivity contribution in [2.24, 2.45) is 5.92 Å². The van der Waals surface area contributed by atoms with Crippen LogP contribution in [0.4, 0.5) is 0 Å². The number of rotatable bonds is 6. The fourth-order valence-electron chi connectivity index (χ4n) is 2.01. The van der Waals surface area contributed by atoms with Crippen molar-refractivity contribution < 1.29 is 14.3 Å². The van der Waals surface area contributed by atoms with Crippen LogP contribution in [0.15, 0.2) is 53.1 Å². The number of aliphatic hydroxyl groups is 1. The molecule has 2 unspecified atom stereocenters. The Kier molecular flexibility index (Phi) is 4.96. The van der Waals surface area contributed by atoms with Crippen molar-refractivity contribution in [3.05, 3.63) is 60.1 Å². The first-order valence-corrected chi connectivity index (χ1v) is 6.70. The van der Waals surface area contributed by atoms with Crippen LogP contribution in [0.3, 0.4) is 0 Å². The van der Waals surface area contributed by atoms with Gasteiger partial charge in [0.05, 0.1) is 12.8 Å². The van der Waals surface area contributed by atoms with Gasteiger partial charge in [0.1, 0.15) is 11.9 Å². The lowest BCUT2D eigenvalue weighted by atomic mass is 10.0. The van der Waals surface area contributed by atoms with Crippen molar-refractivity contribution in [2.75, 3.05) is 6.54 Å². The van der Waals surface area contributed by atoms with Gasteiger partial charge in [-0.3, -0.25) is 4.79 Å². The molecule has 0 radical (unpaired) electrons. The minimum absolute atomic E-state index is 0.0699. The van der Waals surface area contributed by atoms with Gasteiger partial charge in [-0.2, -0.15) is 0 Å². The van der Waals surface area contributed by atoms with Gasteiger partial charge in [-0.05, 0) is 24.1 Å². The molecule has 20 heavy (non-hydrogen) atoms. The van der Waals surface area contributed by atoms with Crippen molar-refractivity contribution in [1.29, 1.82) is 0 Å². The first-order chi connectivity index (χ1) is 9.66. The predicted octanol–water partition coefficient (Wildman–Crippen LogP) is 2.31. The van der Waals surface area contributed by atoms with Crippen LogP contribution in [0.25, 0.3) is 0 Å². The van der Waals surface area contributed by atoms with Gasteiger partial charge in [-0.15, -0.1) is 0 Å². The summed E-state index contributed by atoms with van der Waals surface area (Å²) in [6.07, 6.45) is 1.37. The summed E-state index contributed by atoms with van der Waals surface area (Å²) < 4.78 is 5.08. The van der Waals surface area contributed by atoms with Crippen molar-refractivity contribution in [2.45, 2.75) is 19.4 Å². The minimum atomic E-state index is -0.808. The van der Waals surface area contributed by atoms with Gasteiger partial charge < -0.3 is 14.8 Å². The Labute approximate surface area is 118 Å². The molecule has 0 saturated heterocycles. The van der Waals surface area contributed by atoms with Gasteiger partial charge in [0, 0.05) is 5.92 Å². The zero-order valence-corrected chi connectivity index (χ0v) is 11.5. The molecular weight excluding hydrogens is 254 g/mol. The number of furan rings is 1. The molecule has 106 valence electrons. The van der Waals surface area contributed by atoms with Crippen LogP contribution < -0.4 is 5.32 Å². The Bertz CT molecular complexity index is 522. The van der Waals surface area contributed by atoms with Gasteiger partial charge >= 0.3 is 0 Å². The first-order valence-electron chi connectivity index (χ1n) is 6.70. The average molecular weight is 273 g/mol. The normalized spacial score (nSPS) is 13.7. The van der Waals surface area contributed by atoms with Gasteiger partial charge in [-0.25, -0.2) is 0 Å². The van der Waals surface area contributed by atoms with Gasteiger partial charge in [0.25, 0.3) is 0 Å². The van der Waals surface area contributed by atoms with Crippen LogP contribution in [-0.2, 0) is 11.2 Å². The van der Waals surface area contributed by atoms with E-state index in [1.54, 1.807) is 12.1 Å². The lowest BCUT2D eigenvalue weighted by Gasteiger charge is -2.14. The highest BCUT2D eigenvalue weighted by atomic mass is 16.4. The maximum absolute atomic E-state index is 12.0. The quantitative estimate of drug-likeness (QED) is 0.849. The molecule has 2 N–H and O–H groups in total. The number of amides is 1. The maximum Gasteiger partial charge on any atom is 0.223 e. The highest BCUT2D eigenvalue weighted by Gasteiger charge is 2.16. The van der Waals surface area contributed by atoms with Crippen LogP contribution in [0.5, 0.6) is 0 Å². The second-order valence-corrected chi connectivity index (χ2v) is 4.87. The summed E-state index contributed by atoms with van der Waals surface area (Å²) in [5, 5.41) is 12.6.